The molecule has 0 aliphatic heterocycles. The van der Waals surface area contributed by atoms with Gasteiger partial charge in [0.05, 0.1) is 0 Å². The fourth-order valence-corrected chi connectivity index (χ4v) is 3.45. The molecule has 0 aliphatic rings. The molecule has 106 valence electrons. The van der Waals surface area contributed by atoms with Gasteiger partial charge in [-0.15, -0.1) is 0 Å². The molecular formula is C21H15Br. The number of hydrogen-bond acceptors (Lipinski definition) is 0. The van der Waals surface area contributed by atoms with Crippen molar-refractivity contribution in [2.24, 2.45) is 0 Å². The maximum absolute atomic E-state index is 3.58. The van der Waals surface area contributed by atoms with Crippen LogP contribution in [0, 0.1) is 6.92 Å². The van der Waals surface area contributed by atoms with E-state index in [0.29, 0.717) is 0 Å². The van der Waals surface area contributed by atoms with Crippen LogP contribution in [0.1, 0.15) is 5.56 Å². The third-order valence-electron chi connectivity index (χ3n) is 4.26. The van der Waals surface area contributed by atoms with E-state index in [0.717, 1.165) is 4.47 Å². The van der Waals surface area contributed by atoms with Crippen LogP contribution in [0.4, 0.5) is 0 Å². The highest BCUT2D eigenvalue weighted by Gasteiger charge is 2.06. The average Bonchev–Trinajstić information content (AvgIpc) is 2.56. The van der Waals surface area contributed by atoms with E-state index in [1.54, 1.807) is 0 Å². The lowest BCUT2D eigenvalue weighted by molar-refractivity contribution is 1.45. The van der Waals surface area contributed by atoms with Crippen molar-refractivity contribution in [2.45, 2.75) is 6.92 Å². The van der Waals surface area contributed by atoms with Gasteiger partial charge in [0.15, 0.2) is 0 Å². The van der Waals surface area contributed by atoms with Crippen molar-refractivity contribution >= 4 is 37.5 Å². The SMILES string of the molecule is Cc1ccc(Br)cc1-c1ccc2c(ccc3ccccc32)c1. The van der Waals surface area contributed by atoms with E-state index in [1.807, 2.05) is 0 Å². The Morgan fingerprint density at radius 3 is 2.36 bits per heavy atom. The van der Waals surface area contributed by atoms with Gasteiger partial charge in [0.2, 0.25) is 0 Å². The van der Waals surface area contributed by atoms with E-state index in [-0.39, 0.29) is 0 Å². The molecule has 0 aliphatic carbocycles. The largest absolute Gasteiger partial charge is 0.0616 e. The molecule has 1 heteroatoms. The summed E-state index contributed by atoms with van der Waals surface area (Å²) in [4.78, 5) is 0. The van der Waals surface area contributed by atoms with Gasteiger partial charge in [-0.25, -0.2) is 0 Å². The minimum atomic E-state index is 1.12. The molecule has 4 rings (SSSR count). The summed E-state index contributed by atoms with van der Waals surface area (Å²) in [5, 5.41) is 5.21. The van der Waals surface area contributed by atoms with Crippen LogP contribution < -0.4 is 0 Å². The maximum Gasteiger partial charge on any atom is 0.0181 e. The highest BCUT2D eigenvalue weighted by molar-refractivity contribution is 9.10. The number of hydrogen-bond donors (Lipinski definition) is 0. The number of benzene rings is 4. The third-order valence-corrected chi connectivity index (χ3v) is 4.75. The van der Waals surface area contributed by atoms with Gasteiger partial charge < -0.3 is 0 Å². The normalized spacial score (nSPS) is 11.2. The molecule has 22 heavy (non-hydrogen) atoms. The first-order chi connectivity index (χ1) is 10.7. The fraction of sp³-hybridized carbons (Fsp3) is 0.0476. The van der Waals surface area contributed by atoms with Crippen molar-refractivity contribution < 1.29 is 0 Å². The van der Waals surface area contributed by atoms with Crippen molar-refractivity contribution in [2.75, 3.05) is 0 Å². The van der Waals surface area contributed by atoms with E-state index in [4.69, 9.17) is 0 Å². The van der Waals surface area contributed by atoms with Crippen LogP contribution >= 0.6 is 15.9 Å². The summed E-state index contributed by atoms with van der Waals surface area (Å²) in [5.74, 6) is 0. The second kappa shape index (κ2) is 5.26. The summed E-state index contributed by atoms with van der Waals surface area (Å²) >= 11 is 3.58. The van der Waals surface area contributed by atoms with E-state index < -0.39 is 0 Å². The Morgan fingerprint density at radius 1 is 0.682 bits per heavy atom. The molecule has 0 N–H and O–H groups in total. The summed E-state index contributed by atoms with van der Waals surface area (Å²) in [6, 6.07) is 26.2. The molecule has 0 saturated heterocycles. The Bertz CT molecular complexity index is 999. The quantitative estimate of drug-likeness (QED) is 0.335. The Labute approximate surface area is 138 Å². The fourth-order valence-electron chi connectivity index (χ4n) is 3.09. The highest BCUT2D eigenvalue weighted by atomic mass is 79.9. The lowest BCUT2D eigenvalue weighted by Gasteiger charge is -2.10. The molecule has 0 radical (unpaired) electrons. The standard InChI is InChI=1S/C21H15Br/c1-14-6-10-18(22)13-21(14)17-9-11-20-16(12-17)8-7-15-4-2-3-5-19(15)20/h2-13H,1H3. The van der Waals surface area contributed by atoms with Gasteiger partial charge in [0.25, 0.3) is 0 Å². The Balaban J connectivity index is 1.98. The zero-order valence-corrected chi connectivity index (χ0v) is 13.9. The van der Waals surface area contributed by atoms with Crippen LogP contribution in [-0.2, 0) is 0 Å². The first-order valence-electron chi connectivity index (χ1n) is 7.40. The van der Waals surface area contributed by atoms with Crippen LogP contribution in [0.2, 0.25) is 0 Å². The summed E-state index contributed by atoms with van der Waals surface area (Å²) in [7, 11) is 0. The zero-order chi connectivity index (χ0) is 15.1. The summed E-state index contributed by atoms with van der Waals surface area (Å²) < 4.78 is 1.12. The second-order valence-corrected chi connectivity index (χ2v) is 6.60. The zero-order valence-electron chi connectivity index (χ0n) is 12.3. The topological polar surface area (TPSA) is 0 Å². The minimum Gasteiger partial charge on any atom is -0.0616 e. The van der Waals surface area contributed by atoms with Gasteiger partial charge in [0.1, 0.15) is 0 Å². The molecule has 0 fully saturated rings. The Morgan fingerprint density at radius 2 is 1.45 bits per heavy atom. The predicted molar refractivity (Wildman–Crippen MR) is 99.3 cm³/mol. The van der Waals surface area contributed by atoms with Gasteiger partial charge in [-0.1, -0.05) is 70.5 Å². The minimum absolute atomic E-state index is 1.12. The van der Waals surface area contributed by atoms with Crippen LogP contribution in [0.3, 0.4) is 0 Å². The van der Waals surface area contributed by atoms with Crippen LogP contribution in [0.15, 0.2) is 77.3 Å². The molecule has 4 aromatic rings. The van der Waals surface area contributed by atoms with Gasteiger partial charge in [-0.2, -0.15) is 0 Å². The lowest BCUT2D eigenvalue weighted by atomic mass is 9.95. The molecule has 0 nitrogen and oxygen atoms in total. The van der Waals surface area contributed by atoms with Gasteiger partial charge in [-0.3, -0.25) is 0 Å². The van der Waals surface area contributed by atoms with Crippen LogP contribution in [0.25, 0.3) is 32.7 Å². The molecular weight excluding hydrogens is 332 g/mol. The average molecular weight is 347 g/mol. The number of fused-ring (bicyclic) bond motifs is 3. The van der Waals surface area contributed by atoms with Crippen LogP contribution in [0.5, 0.6) is 0 Å². The maximum atomic E-state index is 3.58. The summed E-state index contributed by atoms with van der Waals surface area (Å²) in [6.45, 7) is 2.16. The number of aryl methyl sites for hydroxylation is 1. The van der Waals surface area contributed by atoms with E-state index >= 15 is 0 Å². The van der Waals surface area contributed by atoms with Gasteiger partial charge >= 0.3 is 0 Å². The van der Waals surface area contributed by atoms with E-state index in [9.17, 15) is 0 Å². The first-order valence-corrected chi connectivity index (χ1v) is 8.20. The smallest absolute Gasteiger partial charge is 0.0181 e. The van der Waals surface area contributed by atoms with Gasteiger partial charge in [0, 0.05) is 4.47 Å². The second-order valence-electron chi connectivity index (χ2n) is 5.68. The van der Waals surface area contributed by atoms with Crippen LogP contribution in [-0.4, -0.2) is 0 Å². The van der Waals surface area contributed by atoms with Crippen molar-refractivity contribution in [1.29, 1.82) is 0 Å². The van der Waals surface area contributed by atoms with Gasteiger partial charge in [-0.05, 0) is 63.4 Å². The van der Waals surface area contributed by atoms with Crippen molar-refractivity contribution in [3.05, 3.63) is 82.8 Å². The Kier molecular flexibility index (Phi) is 3.24. The molecule has 0 amide bonds. The Hall–Kier alpha value is -2.12. The molecule has 0 saturated carbocycles. The molecule has 0 atom stereocenters. The molecule has 0 spiro atoms. The summed E-state index contributed by atoms with van der Waals surface area (Å²) in [5.41, 5.74) is 3.84. The van der Waals surface area contributed by atoms with E-state index in [2.05, 4.69) is 95.7 Å². The monoisotopic (exact) mass is 346 g/mol. The molecule has 4 aromatic carbocycles. The highest BCUT2D eigenvalue weighted by Crippen LogP contribution is 2.32. The molecule has 0 aromatic heterocycles. The molecule has 0 heterocycles. The number of halogens is 1. The van der Waals surface area contributed by atoms with Crippen molar-refractivity contribution in [1.82, 2.24) is 0 Å². The summed E-state index contributed by atoms with van der Waals surface area (Å²) in [6.07, 6.45) is 0. The first kappa shape index (κ1) is 13.5. The molecule has 0 unspecified atom stereocenters. The number of rotatable bonds is 1. The van der Waals surface area contributed by atoms with Crippen molar-refractivity contribution in [3.63, 3.8) is 0 Å². The predicted octanol–water partition coefficient (Wildman–Crippen LogP) is 6.73. The lowest BCUT2D eigenvalue weighted by Crippen LogP contribution is -1.85. The third kappa shape index (κ3) is 2.22. The van der Waals surface area contributed by atoms with E-state index in [1.165, 1.54) is 38.2 Å². The molecule has 0 bridgehead atoms. The van der Waals surface area contributed by atoms with Crippen molar-refractivity contribution in [3.8, 4) is 11.1 Å².